The number of benzene rings is 2. The van der Waals surface area contributed by atoms with Crippen molar-refractivity contribution in [1.29, 1.82) is 0 Å². The highest BCUT2D eigenvalue weighted by atomic mass is 35.5. The molecule has 0 bridgehead atoms. The van der Waals surface area contributed by atoms with Gasteiger partial charge in [0.05, 0.1) is 32.4 Å². The van der Waals surface area contributed by atoms with Crippen LogP contribution >= 0.6 is 11.6 Å². The summed E-state index contributed by atoms with van der Waals surface area (Å²) >= 11 is 5.88. The molecule has 1 fully saturated rings. The molecule has 0 aromatic heterocycles. The number of ether oxygens (including phenoxy) is 2. The molecule has 25 heavy (non-hydrogen) atoms. The molecule has 1 aliphatic heterocycles. The lowest BCUT2D eigenvalue weighted by Crippen LogP contribution is -2.36. The van der Waals surface area contributed by atoms with Crippen molar-refractivity contribution in [1.82, 2.24) is 0 Å². The Labute approximate surface area is 152 Å². The van der Waals surface area contributed by atoms with Gasteiger partial charge in [0.1, 0.15) is 5.75 Å². The fraction of sp³-hybridized carbons (Fsp3) is 0.316. The van der Waals surface area contributed by atoms with Gasteiger partial charge in [0.2, 0.25) is 5.91 Å². The van der Waals surface area contributed by atoms with Crippen molar-refractivity contribution in [2.24, 2.45) is 0 Å². The van der Waals surface area contributed by atoms with E-state index in [0.29, 0.717) is 29.7 Å². The van der Waals surface area contributed by atoms with Crippen LogP contribution in [0.1, 0.15) is 5.56 Å². The number of amides is 1. The minimum atomic E-state index is -0.0975. The van der Waals surface area contributed by atoms with Gasteiger partial charge in [0.25, 0.3) is 0 Å². The zero-order valence-corrected chi connectivity index (χ0v) is 14.9. The van der Waals surface area contributed by atoms with Gasteiger partial charge in [-0.3, -0.25) is 4.79 Å². The van der Waals surface area contributed by atoms with Crippen LogP contribution in [-0.4, -0.2) is 39.3 Å². The van der Waals surface area contributed by atoms with Crippen LogP contribution in [-0.2, 0) is 16.0 Å². The maximum Gasteiger partial charge on any atom is 0.228 e. The van der Waals surface area contributed by atoms with E-state index in [2.05, 4.69) is 10.2 Å². The summed E-state index contributed by atoms with van der Waals surface area (Å²) in [6.07, 6.45) is 0.280. The van der Waals surface area contributed by atoms with E-state index in [1.165, 1.54) is 0 Å². The van der Waals surface area contributed by atoms with Crippen LogP contribution in [0, 0.1) is 0 Å². The lowest BCUT2D eigenvalue weighted by Gasteiger charge is -2.29. The summed E-state index contributed by atoms with van der Waals surface area (Å²) in [6.45, 7) is 3.10. The molecule has 0 radical (unpaired) electrons. The van der Waals surface area contributed by atoms with E-state index in [1.807, 2.05) is 30.3 Å². The summed E-state index contributed by atoms with van der Waals surface area (Å²) in [4.78, 5) is 14.6. The van der Waals surface area contributed by atoms with Gasteiger partial charge in [0, 0.05) is 23.8 Å². The predicted octanol–water partition coefficient (Wildman–Crippen LogP) is 3.37. The lowest BCUT2D eigenvalue weighted by atomic mass is 10.1. The van der Waals surface area contributed by atoms with Gasteiger partial charge in [-0.2, -0.15) is 0 Å². The third-order valence-corrected chi connectivity index (χ3v) is 4.36. The summed E-state index contributed by atoms with van der Waals surface area (Å²) < 4.78 is 10.8. The summed E-state index contributed by atoms with van der Waals surface area (Å²) in [7, 11) is 1.60. The molecule has 0 atom stereocenters. The number of hydrogen-bond donors (Lipinski definition) is 1. The molecule has 0 spiro atoms. The first-order valence-corrected chi connectivity index (χ1v) is 8.58. The third kappa shape index (κ3) is 4.65. The Hall–Kier alpha value is -2.24. The Morgan fingerprint density at radius 1 is 1.20 bits per heavy atom. The van der Waals surface area contributed by atoms with E-state index in [-0.39, 0.29) is 12.3 Å². The molecule has 6 heteroatoms. The van der Waals surface area contributed by atoms with Gasteiger partial charge < -0.3 is 19.7 Å². The van der Waals surface area contributed by atoms with Crippen molar-refractivity contribution in [3.05, 3.63) is 53.1 Å². The smallest absolute Gasteiger partial charge is 0.228 e. The van der Waals surface area contributed by atoms with Gasteiger partial charge in [0.15, 0.2) is 0 Å². The molecule has 5 nitrogen and oxygen atoms in total. The second kappa shape index (κ2) is 8.23. The average molecular weight is 361 g/mol. The van der Waals surface area contributed by atoms with Crippen LogP contribution in [0.15, 0.2) is 42.5 Å². The van der Waals surface area contributed by atoms with E-state index in [9.17, 15) is 4.79 Å². The number of halogens is 1. The zero-order chi connectivity index (χ0) is 17.6. The van der Waals surface area contributed by atoms with Crippen molar-refractivity contribution in [3.8, 4) is 5.75 Å². The molecule has 1 amide bonds. The van der Waals surface area contributed by atoms with Crippen LogP contribution < -0.4 is 15.0 Å². The standard InChI is InChI=1S/C19H21ClN2O3/c1-24-18-7-6-16(22-8-10-25-11-9-22)13-17(18)21-19(23)12-14-2-4-15(20)5-3-14/h2-7,13H,8-12H2,1H3,(H,21,23). The summed E-state index contributed by atoms with van der Waals surface area (Å²) in [6, 6.07) is 13.1. The van der Waals surface area contributed by atoms with Gasteiger partial charge in [-0.05, 0) is 35.9 Å². The van der Waals surface area contributed by atoms with Gasteiger partial charge in [-0.25, -0.2) is 0 Å². The largest absolute Gasteiger partial charge is 0.495 e. The first kappa shape index (κ1) is 17.6. The topological polar surface area (TPSA) is 50.8 Å². The van der Waals surface area contributed by atoms with Crippen molar-refractivity contribution < 1.29 is 14.3 Å². The number of hydrogen-bond acceptors (Lipinski definition) is 4. The van der Waals surface area contributed by atoms with Crippen LogP contribution in [0.4, 0.5) is 11.4 Å². The number of carbonyl (C=O) groups excluding carboxylic acids is 1. The summed E-state index contributed by atoms with van der Waals surface area (Å²) in [5.74, 6) is 0.543. The zero-order valence-electron chi connectivity index (χ0n) is 14.1. The molecule has 132 valence electrons. The molecule has 1 N–H and O–H groups in total. The normalized spacial score (nSPS) is 14.2. The second-order valence-corrected chi connectivity index (χ2v) is 6.27. The maximum atomic E-state index is 12.4. The fourth-order valence-electron chi connectivity index (χ4n) is 2.79. The van der Waals surface area contributed by atoms with Crippen LogP contribution in [0.5, 0.6) is 5.75 Å². The molecular formula is C19H21ClN2O3. The molecular weight excluding hydrogens is 340 g/mol. The Kier molecular flexibility index (Phi) is 5.79. The molecule has 0 saturated carbocycles. The highest BCUT2D eigenvalue weighted by Crippen LogP contribution is 2.30. The van der Waals surface area contributed by atoms with Crippen LogP contribution in [0.3, 0.4) is 0 Å². The number of nitrogens with zero attached hydrogens (tertiary/aromatic N) is 1. The molecule has 3 rings (SSSR count). The predicted molar refractivity (Wildman–Crippen MR) is 99.8 cm³/mol. The Balaban J connectivity index is 1.72. The average Bonchev–Trinajstić information content (AvgIpc) is 2.64. The quantitative estimate of drug-likeness (QED) is 0.888. The van der Waals surface area contributed by atoms with Crippen molar-refractivity contribution in [2.75, 3.05) is 43.6 Å². The third-order valence-electron chi connectivity index (χ3n) is 4.11. The Bertz CT molecular complexity index is 728. The van der Waals surface area contributed by atoms with E-state index in [1.54, 1.807) is 19.2 Å². The minimum absolute atomic E-state index is 0.0975. The number of morpholine rings is 1. The van der Waals surface area contributed by atoms with Gasteiger partial charge in [-0.15, -0.1) is 0 Å². The number of carbonyl (C=O) groups is 1. The highest BCUT2D eigenvalue weighted by Gasteiger charge is 2.15. The molecule has 2 aromatic rings. The fourth-order valence-corrected chi connectivity index (χ4v) is 2.92. The SMILES string of the molecule is COc1ccc(N2CCOCC2)cc1NC(=O)Cc1ccc(Cl)cc1. The summed E-state index contributed by atoms with van der Waals surface area (Å²) in [5, 5.41) is 3.61. The molecule has 1 heterocycles. The van der Waals surface area contributed by atoms with Crippen LogP contribution in [0.2, 0.25) is 5.02 Å². The first-order valence-electron chi connectivity index (χ1n) is 8.21. The minimum Gasteiger partial charge on any atom is -0.495 e. The Morgan fingerprint density at radius 3 is 2.60 bits per heavy atom. The number of anilines is 2. The molecule has 0 unspecified atom stereocenters. The van der Waals surface area contributed by atoms with Crippen molar-refractivity contribution in [3.63, 3.8) is 0 Å². The maximum absolute atomic E-state index is 12.4. The number of nitrogens with one attached hydrogen (secondary N) is 1. The molecule has 0 aliphatic carbocycles. The lowest BCUT2D eigenvalue weighted by molar-refractivity contribution is -0.115. The number of rotatable bonds is 5. The molecule has 1 aliphatic rings. The molecule has 1 saturated heterocycles. The monoisotopic (exact) mass is 360 g/mol. The first-order chi connectivity index (χ1) is 12.2. The van der Waals surface area contributed by atoms with E-state index >= 15 is 0 Å². The highest BCUT2D eigenvalue weighted by molar-refractivity contribution is 6.30. The second-order valence-electron chi connectivity index (χ2n) is 5.84. The van der Waals surface area contributed by atoms with Gasteiger partial charge >= 0.3 is 0 Å². The molecule has 2 aromatic carbocycles. The van der Waals surface area contributed by atoms with Crippen molar-refractivity contribution in [2.45, 2.75) is 6.42 Å². The summed E-state index contributed by atoms with van der Waals surface area (Å²) in [5.41, 5.74) is 2.63. The number of methoxy groups -OCH3 is 1. The van der Waals surface area contributed by atoms with Gasteiger partial charge in [-0.1, -0.05) is 23.7 Å². The van der Waals surface area contributed by atoms with Crippen LogP contribution in [0.25, 0.3) is 0 Å². The Morgan fingerprint density at radius 2 is 1.92 bits per heavy atom. The van der Waals surface area contributed by atoms with Crippen molar-refractivity contribution >= 4 is 28.9 Å². The van der Waals surface area contributed by atoms with E-state index in [0.717, 1.165) is 24.3 Å². The van der Waals surface area contributed by atoms with E-state index in [4.69, 9.17) is 21.1 Å². The van der Waals surface area contributed by atoms with E-state index < -0.39 is 0 Å².